The largest absolute Gasteiger partial charge is 0.324 e. The number of aryl methyl sites for hydroxylation is 1. The van der Waals surface area contributed by atoms with Gasteiger partial charge >= 0.3 is 0 Å². The first-order valence-corrected chi connectivity index (χ1v) is 10.6. The molecule has 1 aromatic rings. The van der Waals surface area contributed by atoms with E-state index in [-0.39, 0.29) is 18.4 Å². The van der Waals surface area contributed by atoms with Crippen LogP contribution in [-0.4, -0.2) is 0 Å². The molecule has 146 valence electrons. The highest BCUT2D eigenvalue weighted by Gasteiger charge is 2.09. The molecule has 2 N–H and O–H groups in total. The zero-order valence-electron chi connectivity index (χ0n) is 16.8. The van der Waals surface area contributed by atoms with Crippen LogP contribution in [0.4, 0.5) is 0 Å². The summed E-state index contributed by atoms with van der Waals surface area (Å²) in [6.07, 6.45) is 18.9. The summed E-state index contributed by atoms with van der Waals surface area (Å²) in [5.74, 6) is 0. The van der Waals surface area contributed by atoms with Gasteiger partial charge in [-0.15, -0.1) is 12.4 Å². The number of benzene rings is 1. The lowest BCUT2D eigenvalue weighted by atomic mass is 9.94. The van der Waals surface area contributed by atoms with Crippen LogP contribution < -0.4 is 5.73 Å². The van der Waals surface area contributed by atoms with Gasteiger partial charge in [-0.3, -0.25) is 0 Å². The minimum atomic E-state index is 0. The van der Waals surface area contributed by atoms with Crippen molar-refractivity contribution in [3.8, 4) is 0 Å². The standard InChI is InChI=1S/C23H41N.ClH/c1-3-5-6-7-8-9-10-11-12-13-14-20-23(24)22-19-16-15-18-21(22)17-4-2;/h15-16,18-19,23H,3-14,17,20,24H2,1-2H3;1H. The van der Waals surface area contributed by atoms with Crippen molar-refractivity contribution < 1.29 is 0 Å². The van der Waals surface area contributed by atoms with E-state index in [1.807, 2.05) is 0 Å². The van der Waals surface area contributed by atoms with Gasteiger partial charge in [-0.05, 0) is 24.0 Å². The summed E-state index contributed by atoms with van der Waals surface area (Å²) < 4.78 is 0. The van der Waals surface area contributed by atoms with Gasteiger partial charge in [0.15, 0.2) is 0 Å². The Hall–Kier alpha value is -0.530. The number of nitrogens with two attached hydrogens (primary N) is 1. The molecule has 25 heavy (non-hydrogen) atoms. The van der Waals surface area contributed by atoms with Gasteiger partial charge in [0.2, 0.25) is 0 Å². The van der Waals surface area contributed by atoms with E-state index in [0.29, 0.717) is 0 Å². The van der Waals surface area contributed by atoms with E-state index in [1.54, 1.807) is 0 Å². The lowest BCUT2D eigenvalue weighted by Gasteiger charge is -2.16. The summed E-state index contributed by atoms with van der Waals surface area (Å²) in [5.41, 5.74) is 9.28. The van der Waals surface area contributed by atoms with Gasteiger partial charge in [-0.1, -0.05) is 115 Å². The summed E-state index contributed by atoms with van der Waals surface area (Å²) in [6, 6.07) is 8.98. The Labute approximate surface area is 163 Å². The summed E-state index contributed by atoms with van der Waals surface area (Å²) in [4.78, 5) is 0. The Bertz CT molecular complexity index is 405. The molecule has 0 aromatic heterocycles. The van der Waals surface area contributed by atoms with Gasteiger partial charge in [0.25, 0.3) is 0 Å². The summed E-state index contributed by atoms with van der Waals surface area (Å²) >= 11 is 0. The first-order chi connectivity index (χ1) is 11.8. The second-order valence-electron chi connectivity index (χ2n) is 7.38. The molecule has 0 radical (unpaired) electrons. The smallest absolute Gasteiger partial charge is 0.0297 e. The molecule has 0 spiro atoms. The quantitative estimate of drug-likeness (QED) is 0.315. The van der Waals surface area contributed by atoms with Crippen LogP contribution in [0.1, 0.15) is 114 Å². The third-order valence-electron chi connectivity index (χ3n) is 5.09. The SMILES string of the molecule is CCCCCCCCCCCCCC(N)c1ccccc1CCC.Cl. The second-order valence-corrected chi connectivity index (χ2v) is 7.38. The van der Waals surface area contributed by atoms with Crippen LogP contribution >= 0.6 is 12.4 Å². The van der Waals surface area contributed by atoms with Crippen molar-refractivity contribution in [3.05, 3.63) is 35.4 Å². The molecule has 0 aliphatic rings. The van der Waals surface area contributed by atoms with Crippen LogP contribution in [0.2, 0.25) is 0 Å². The van der Waals surface area contributed by atoms with Crippen LogP contribution in [0.25, 0.3) is 0 Å². The van der Waals surface area contributed by atoms with Gasteiger partial charge in [-0.25, -0.2) is 0 Å². The Balaban J connectivity index is 0.00000576. The second kappa shape index (κ2) is 16.9. The highest BCUT2D eigenvalue weighted by Crippen LogP contribution is 2.22. The molecule has 0 amide bonds. The minimum absolute atomic E-state index is 0. The lowest BCUT2D eigenvalue weighted by molar-refractivity contribution is 0.525. The fraction of sp³-hybridized carbons (Fsp3) is 0.739. The van der Waals surface area contributed by atoms with E-state index in [4.69, 9.17) is 5.73 Å². The molecule has 1 nitrogen and oxygen atoms in total. The lowest BCUT2D eigenvalue weighted by Crippen LogP contribution is -2.12. The zero-order chi connectivity index (χ0) is 17.5. The molecule has 0 heterocycles. The number of halogens is 1. The Morgan fingerprint density at radius 2 is 1.24 bits per heavy atom. The fourth-order valence-corrected chi connectivity index (χ4v) is 3.58. The summed E-state index contributed by atoms with van der Waals surface area (Å²) in [7, 11) is 0. The van der Waals surface area contributed by atoms with Crippen LogP contribution in [0.5, 0.6) is 0 Å². The topological polar surface area (TPSA) is 26.0 Å². The molecule has 1 unspecified atom stereocenters. The first kappa shape index (κ1) is 24.5. The van der Waals surface area contributed by atoms with Crippen molar-refractivity contribution in [2.24, 2.45) is 5.73 Å². The van der Waals surface area contributed by atoms with E-state index in [2.05, 4.69) is 38.1 Å². The van der Waals surface area contributed by atoms with Crippen molar-refractivity contribution >= 4 is 12.4 Å². The van der Waals surface area contributed by atoms with Gasteiger partial charge in [-0.2, -0.15) is 0 Å². The molecule has 2 heteroatoms. The van der Waals surface area contributed by atoms with Gasteiger partial charge < -0.3 is 5.73 Å². The predicted octanol–water partition coefficient (Wildman–Crippen LogP) is 7.76. The maximum Gasteiger partial charge on any atom is 0.0297 e. The van der Waals surface area contributed by atoms with Crippen molar-refractivity contribution in [2.45, 2.75) is 110 Å². The van der Waals surface area contributed by atoms with E-state index < -0.39 is 0 Å². The molecular formula is C23H42ClN. The predicted molar refractivity (Wildman–Crippen MR) is 116 cm³/mol. The maximum absolute atomic E-state index is 6.45. The van der Waals surface area contributed by atoms with E-state index in [0.717, 1.165) is 12.8 Å². The molecule has 0 fully saturated rings. The Kier molecular flexibility index (Phi) is 16.6. The van der Waals surface area contributed by atoms with E-state index in [1.165, 1.54) is 88.2 Å². The highest BCUT2D eigenvalue weighted by molar-refractivity contribution is 5.85. The number of unbranched alkanes of at least 4 members (excludes halogenated alkanes) is 10. The zero-order valence-corrected chi connectivity index (χ0v) is 17.6. The van der Waals surface area contributed by atoms with Crippen LogP contribution in [0.15, 0.2) is 24.3 Å². The van der Waals surface area contributed by atoms with Crippen molar-refractivity contribution in [2.75, 3.05) is 0 Å². The monoisotopic (exact) mass is 367 g/mol. The molecule has 1 atom stereocenters. The number of hydrogen-bond donors (Lipinski definition) is 1. The Morgan fingerprint density at radius 1 is 0.720 bits per heavy atom. The van der Waals surface area contributed by atoms with Crippen molar-refractivity contribution in [3.63, 3.8) is 0 Å². The number of hydrogen-bond acceptors (Lipinski definition) is 1. The van der Waals surface area contributed by atoms with Gasteiger partial charge in [0, 0.05) is 6.04 Å². The van der Waals surface area contributed by atoms with Crippen LogP contribution in [-0.2, 0) is 6.42 Å². The fourth-order valence-electron chi connectivity index (χ4n) is 3.58. The van der Waals surface area contributed by atoms with Gasteiger partial charge in [0.05, 0.1) is 0 Å². The number of rotatable bonds is 15. The maximum atomic E-state index is 6.45. The normalized spacial score (nSPS) is 12.0. The minimum Gasteiger partial charge on any atom is -0.324 e. The molecule has 1 aromatic carbocycles. The summed E-state index contributed by atoms with van der Waals surface area (Å²) in [5, 5.41) is 0. The van der Waals surface area contributed by atoms with E-state index in [9.17, 15) is 0 Å². The Morgan fingerprint density at radius 3 is 1.80 bits per heavy atom. The molecular weight excluding hydrogens is 326 g/mol. The van der Waals surface area contributed by atoms with Crippen LogP contribution in [0.3, 0.4) is 0 Å². The molecule has 0 aliphatic heterocycles. The summed E-state index contributed by atoms with van der Waals surface area (Å²) in [6.45, 7) is 4.53. The highest BCUT2D eigenvalue weighted by atomic mass is 35.5. The average Bonchev–Trinajstić information content (AvgIpc) is 2.60. The molecule has 0 aliphatic carbocycles. The first-order valence-electron chi connectivity index (χ1n) is 10.6. The third kappa shape index (κ3) is 11.7. The van der Waals surface area contributed by atoms with Gasteiger partial charge in [0.1, 0.15) is 0 Å². The molecule has 0 saturated heterocycles. The van der Waals surface area contributed by atoms with Crippen LogP contribution in [0, 0.1) is 0 Å². The van der Waals surface area contributed by atoms with E-state index >= 15 is 0 Å². The third-order valence-corrected chi connectivity index (χ3v) is 5.09. The molecule has 0 saturated carbocycles. The molecule has 0 bridgehead atoms. The van der Waals surface area contributed by atoms with Crippen molar-refractivity contribution in [1.82, 2.24) is 0 Å². The molecule has 1 rings (SSSR count). The average molecular weight is 368 g/mol. The van der Waals surface area contributed by atoms with Crippen molar-refractivity contribution in [1.29, 1.82) is 0 Å².